The number of para-hydroxylation sites is 1. The van der Waals surface area contributed by atoms with Gasteiger partial charge in [0.2, 0.25) is 0 Å². The zero-order valence-electron chi connectivity index (χ0n) is 18.8. The number of fused-ring (bicyclic) bond motifs is 2. The lowest BCUT2D eigenvalue weighted by atomic mass is 9.95. The van der Waals surface area contributed by atoms with Gasteiger partial charge in [-0.1, -0.05) is 44.5 Å². The maximum Gasteiger partial charge on any atom is 0.338 e. The SMILES string of the molecule is CC(C)(C)c1nc2c(C(=O)O)cc(N3CCOCC3)cc2n1-c1ccnc2c(Cl)cccc12. The summed E-state index contributed by atoms with van der Waals surface area (Å²) >= 11 is 6.45. The van der Waals surface area contributed by atoms with Gasteiger partial charge in [-0.25, -0.2) is 9.78 Å². The number of aromatic nitrogens is 3. The van der Waals surface area contributed by atoms with Crippen molar-refractivity contribution in [3.8, 4) is 5.69 Å². The Hall–Kier alpha value is -3.16. The van der Waals surface area contributed by atoms with Gasteiger partial charge in [0.25, 0.3) is 0 Å². The fourth-order valence-electron chi connectivity index (χ4n) is 4.40. The molecule has 0 spiro atoms. The molecule has 3 heterocycles. The summed E-state index contributed by atoms with van der Waals surface area (Å²) in [6.07, 6.45) is 1.73. The van der Waals surface area contributed by atoms with Crippen molar-refractivity contribution < 1.29 is 14.6 Å². The molecule has 0 unspecified atom stereocenters. The second-order valence-electron chi connectivity index (χ2n) is 9.25. The molecule has 1 fully saturated rings. The van der Waals surface area contributed by atoms with Crippen LogP contribution in [0.4, 0.5) is 5.69 Å². The highest BCUT2D eigenvalue weighted by Crippen LogP contribution is 2.36. The van der Waals surface area contributed by atoms with Crippen molar-refractivity contribution in [2.24, 2.45) is 0 Å². The van der Waals surface area contributed by atoms with E-state index in [9.17, 15) is 9.90 Å². The predicted molar refractivity (Wildman–Crippen MR) is 130 cm³/mol. The number of hydrogen-bond acceptors (Lipinski definition) is 5. The topological polar surface area (TPSA) is 80.5 Å². The van der Waals surface area contributed by atoms with E-state index in [1.54, 1.807) is 12.3 Å². The van der Waals surface area contributed by atoms with E-state index >= 15 is 0 Å². The molecule has 2 aromatic heterocycles. The van der Waals surface area contributed by atoms with E-state index in [-0.39, 0.29) is 11.0 Å². The Kier molecular flexibility index (Phi) is 5.26. The highest BCUT2D eigenvalue weighted by Gasteiger charge is 2.28. The Morgan fingerprint density at radius 2 is 1.88 bits per heavy atom. The van der Waals surface area contributed by atoms with Crippen LogP contribution in [0.5, 0.6) is 0 Å². The fourth-order valence-corrected chi connectivity index (χ4v) is 4.62. The van der Waals surface area contributed by atoms with E-state index in [4.69, 9.17) is 21.3 Å². The van der Waals surface area contributed by atoms with Crippen LogP contribution in [-0.4, -0.2) is 51.9 Å². The van der Waals surface area contributed by atoms with Crippen LogP contribution in [0.2, 0.25) is 5.02 Å². The molecule has 0 saturated carbocycles. The average Bonchev–Trinajstić information content (AvgIpc) is 3.19. The normalized spacial score (nSPS) is 14.8. The molecule has 0 atom stereocenters. The van der Waals surface area contributed by atoms with E-state index < -0.39 is 5.97 Å². The summed E-state index contributed by atoms with van der Waals surface area (Å²) in [5.74, 6) is -0.227. The summed E-state index contributed by atoms with van der Waals surface area (Å²) in [6, 6.07) is 11.4. The second-order valence-corrected chi connectivity index (χ2v) is 9.66. The predicted octanol–water partition coefficient (Wildman–Crippen LogP) is 5.06. The van der Waals surface area contributed by atoms with Crippen molar-refractivity contribution in [1.29, 1.82) is 0 Å². The smallest absolute Gasteiger partial charge is 0.338 e. The highest BCUT2D eigenvalue weighted by atomic mass is 35.5. The number of imidazole rings is 1. The first-order valence-corrected chi connectivity index (χ1v) is 11.3. The molecule has 170 valence electrons. The number of carboxylic acids is 1. The van der Waals surface area contributed by atoms with Gasteiger partial charge in [0.05, 0.1) is 40.5 Å². The van der Waals surface area contributed by atoms with Crippen molar-refractivity contribution in [3.05, 3.63) is 59.0 Å². The van der Waals surface area contributed by atoms with Crippen LogP contribution < -0.4 is 4.90 Å². The lowest BCUT2D eigenvalue weighted by Crippen LogP contribution is -2.36. The van der Waals surface area contributed by atoms with E-state index in [0.717, 1.165) is 28.1 Å². The van der Waals surface area contributed by atoms with Gasteiger partial charge in [0.15, 0.2) is 0 Å². The van der Waals surface area contributed by atoms with E-state index in [2.05, 4.69) is 35.2 Å². The van der Waals surface area contributed by atoms with Gasteiger partial charge in [0, 0.05) is 35.8 Å². The van der Waals surface area contributed by atoms with Crippen molar-refractivity contribution in [2.75, 3.05) is 31.2 Å². The maximum atomic E-state index is 12.3. The lowest BCUT2D eigenvalue weighted by Gasteiger charge is -2.29. The molecule has 0 amide bonds. The van der Waals surface area contributed by atoms with Crippen molar-refractivity contribution in [1.82, 2.24) is 14.5 Å². The Morgan fingerprint density at radius 3 is 2.58 bits per heavy atom. The molecular weight excluding hydrogens is 440 g/mol. The number of morpholine rings is 1. The molecule has 4 aromatic rings. The largest absolute Gasteiger partial charge is 0.478 e. The molecule has 0 radical (unpaired) electrons. The van der Waals surface area contributed by atoms with Crippen LogP contribution in [0, 0.1) is 0 Å². The van der Waals surface area contributed by atoms with Crippen molar-refractivity contribution in [3.63, 3.8) is 0 Å². The number of aromatic carboxylic acids is 1. The zero-order valence-corrected chi connectivity index (χ0v) is 19.6. The number of carboxylic acid groups (broad SMARTS) is 1. The fraction of sp³-hybridized carbons (Fsp3) is 0.320. The van der Waals surface area contributed by atoms with Crippen LogP contribution >= 0.6 is 11.6 Å². The molecule has 1 N–H and O–H groups in total. The highest BCUT2D eigenvalue weighted by molar-refractivity contribution is 6.35. The van der Waals surface area contributed by atoms with Crippen LogP contribution in [0.1, 0.15) is 37.0 Å². The minimum Gasteiger partial charge on any atom is -0.478 e. The molecular formula is C25H25ClN4O3. The molecule has 7 nitrogen and oxygen atoms in total. The van der Waals surface area contributed by atoms with Gasteiger partial charge in [-0.2, -0.15) is 0 Å². The molecule has 0 bridgehead atoms. The third-order valence-electron chi connectivity index (χ3n) is 5.96. The Balaban J connectivity index is 1.89. The Morgan fingerprint density at radius 1 is 1.12 bits per heavy atom. The van der Waals surface area contributed by atoms with Crippen molar-refractivity contribution >= 4 is 45.2 Å². The minimum absolute atomic E-state index is 0.189. The van der Waals surface area contributed by atoms with Gasteiger partial charge >= 0.3 is 5.97 Å². The van der Waals surface area contributed by atoms with E-state index in [0.29, 0.717) is 42.4 Å². The number of carbonyl (C=O) groups is 1. The van der Waals surface area contributed by atoms with Crippen LogP contribution in [-0.2, 0) is 10.2 Å². The molecule has 1 saturated heterocycles. The summed E-state index contributed by atoms with van der Waals surface area (Å²) in [6.45, 7) is 8.86. The van der Waals surface area contributed by atoms with Gasteiger partial charge in [-0.05, 0) is 24.3 Å². The summed E-state index contributed by atoms with van der Waals surface area (Å²) in [5.41, 5.74) is 3.47. The first kappa shape index (κ1) is 21.7. The van der Waals surface area contributed by atoms with Gasteiger partial charge in [0.1, 0.15) is 11.3 Å². The molecule has 5 rings (SSSR count). The number of pyridine rings is 1. The number of halogens is 1. The van der Waals surface area contributed by atoms with E-state index in [1.165, 1.54) is 0 Å². The number of benzene rings is 2. The van der Waals surface area contributed by atoms with Crippen LogP contribution in [0.3, 0.4) is 0 Å². The zero-order chi connectivity index (χ0) is 23.3. The maximum absolute atomic E-state index is 12.3. The number of rotatable bonds is 3. The van der Waals surface area contributed by atoms with Crippen molar-refractivity contribution in [2.45, 2.75) is 26.2 Å². The first-order valence-electron chi connectivity index (χ1n) is 10.9. The quantitative estimate of drug-likeness (QED) is 0.456. The second kappa shape index (κ2) is 8.01. The number of ether oxygens (including phenoxy) is 1. The first-order chi connectivity index (χ1) is 15.8. The minimum atomic E-state index is -0.997. The van der Waals surface area contributed by atoms with Gasteiger partial charge in [-0.15, -0.1) is 0 Å². The number of hydrogen-bond donors (Lipinski definition) is 1. The van der Waals surface area contributed by atoms with Gasteiger partial charge in [-0.3, -0.25) is 9.55 Å². The van der Waals surface area contributed by atoms with Crippen LogP contribution in [0.15, 0.2) is 42.6 Å². The van der Waals surface area contributed by atoms with E-state index in [1.807, 2.05) is 30.3 Å². The summed E-state index contributed by atoms with van der Waals surface area (Å²) < 4.78 is 7.55. The molecule has 1 aliphatic heterocycles. The molecule has 8 heteroatoms. The molecule has 2 aromatic carbocycles. The third-order valence-corrected chi connectivity index (χ3v) is 6.27. The summed E-state index contributed by atoms with van der Waals surface area (Å²) in [4.78, 5) is 23.8. The molecule has 0 aliphatic carbocycles. The number of anilines is 1. The third kappa shape index (κ3) is 3.71. The lowest BCUT2D eigenvalue weighted by molar-refractivity contribution is 0.0699. The average molecular weight is 465 g/mol. The summed E-state index contributed by atoms with van der Waals surface area (Å²) in [5, 5.41) is 11.5. The standard InChI is InChI=1S/C25H25ClN4O3/c1-25(2,3)24-28-22-17(23(31)32)13-15(29-9-11-33-12-10-29)14-20(22)30(24)19-7-8-27-21-16(19)5-4-6-18(21)26/h4-8,13-14H,9-12H2,1-3H3,(H,31,32). The van der Waals surface area contributed by atoms with Crippen LogP contribution in [0.25, 0.3) is 27.6 Å². The Labute approximate surface area is 196 Å². The number of nitrogens with zero attached hydrogens (tertiary/aromatic N) is 4. The Bertz CT molecular complexity index is 1380. The molecule has 1 aliphatic rings. The monoisotopic (exact) mass is 464 g/mol. The van der Waals surface area contributed by atoms with Gasteiger partial charge < -0.3 is 14.7 Å². The summed E-state index contributed by atoms with van der Waals surface area (Å²) in [7, 11) is 0. The molecule has 33 heavy (non-hydrogen) atoms.